The first-order chi connectivity index (χ1) is 8.20. The topological polar surface area (TPSA) is 64.4 Å². The molecule has 94 valence electrons. The van der Waals surface area contributed by atoms with Crippen LogP contribution < -0.4 is 0 Å². The van der Waals surface area contributed by atoms with E-state index >= 15 is 0 Å². The average Bonchev–Trinajstić information content (AvgIpc) is 2.67. The molecule has 0 bridgehead atoms. The Morgan fingerprint density at radius 1 is 1.71 bits per heavy atom. The zero-order valence-electron chi connectivity index (χ0n) is 9.70. The molecule has 1 aliphatic carbocycles. The smallest absolute Gasteiger partial charge is 0.313 e. The van der Waals surface area contributed by atoms with Crippen molar-refractivity contribution in [2.75, 3.05) is 12.4 Å². The van der Waals surface area contributed by atoms with E-state index in [4.69, 9.17) is 9.84 Å². The first kappa shape index (κ1) is 12.4. The monoisotopic (exact) mass is 256 g/mol. The van der Waals surface area contributed by atoms with Gasteiger partial charge in [0.05, 0.1) is 11.9 Å². The molecular formula is C11H16N2O3S. The third kappa shape index (κ3) is 3.01. The van der Waals surface area contributed by atoms with Crippen LogP contribution in [-0.2, 0) is 9.53 Å². The number of carbonyl (C=O) groups is 1. The summed E-state index contributed by atoms with van der Waals surface area (Å²) in [6, 6.07) is 0.408. The van der Waals surface area contributed by atoms with Crippen LogP contribution in [0.4, 0.5) is 0 Å². The Bertz CT molecular complexity index is 388. The molecule has 17 heavy (non-hydrogen) atoms. The first-order valence-corrected chi connectivity index (χ1v) is 6.68. The van der Waals surface area contributed by atoms with Crippen molar-refractivity contribution in [3.63, 3.8) is 0 Å². The highest BCUT2D eigenvalue weighted by Crippen LogP contribution is 2.36. The third-order valence-electron chi connectivity index (χ3n) is 2.82. The average molecular weight is 256 g/mol. The van der Waals surface area contributed by atoms with Gasteiger partial charge in [-0.05, 0) is 19.8 Å². The van der Waals surface area contributed by atoms with Crippen molar-refractivity contribution in [2.24, 2.45) is 0 Å². The summed E-state index contributed by atoms with van der Waals surface area (Å²) in [4.78, 5) is 14.7. The van der Waals surface area contributed by atoms with Gasteiger partial charge in [0, 0.05) is 25.0 Å². The number of rotatable bonds is 6. The summed E-state index contributed by atoms with van der Waals surface area (Å²) < 4.78 is 7.57. The highest BCUT2D eigenvalue weighted by Gasteiger charge is 2.32. The van der Waals surface area contributed by atoms with Crippen molar-refractivity contribution < 1.29 is 14.6 Å². The largest absolute Gasteiger partial charge is 0.481 e. The Labute approximate surface area is 104 Å². The van der Waals surface area contributed by atoms with Gasteiger partial charge >= 0.3 is 5.97 Å². The molecule has 6 heteroatoms. The molecule has 1 aromatic rings. The van der Waals surface area contributed by atoms with Gasteiger partial charge in [-0.1, -0.05) is 11.8 Å². The van der Waals surface area contributed by atoms with Crippen molar-refractivity contribution in [1.29, 1.82) is 0 Å². The summed E-state index contributed by atoms with van der Waals surface area (Å²) in [5, 5.41) is 9.43. The van der Waals surface area contributed by atoms with Crippen LogP contribution >= 0.6 is 11.8 Å². The molecule has 0 unspecified atom stereocenters. The lowest BCUT2D eigenvalue weighted by molar-refractivity contribution is -0.133. The number of ether oxygens (including phenoxy) is 1. The molecule has 0 amide bonds. The molecule has 0 radical (unpaired) electrons. The van der Waals surface area contributed by atoms with E-state index in [-0.39, 0.29) is 5.75 Å². The lowest BCUT2D eigenvalue weighted by Crippen LogP contribution is -2.33. The molecule has 1 aromatic heterocycles. The van der Waals surface area contributed by atoms with E-state index in [0.717, 1.165) is 24.6 Å². The van der Waals surface area contributed by atoms with Gasteiger partial charge in [-0.2, -0.15) is 0 Å². The van der Waals surface area contributed by atoms with Crippen LogP contribution in [0.1, 0.15) is 25.8 Å². The molecule has 0 aliphatic heterocycles. The summed E-state index contributed by atoms with van der Waals surface area (Å²) in [6.45, 7) is 2.75. The highest BCUT2D eigenvalue weighted by atomic mass is 32.2. The number of aliphatic carboxylic acids is 1. The van der Waals surface area contributed by atoms with Crippen LogP contribution in [0.5, 0.6) is 0 Å². The Hall–Kier alpha value is -1.01. The van der Waals surface area contributed by atoms with E-state index in [0.29, 0.717) is 12.1 Å². The van der Waals surface area contributed by atoms with Gasteiger partial charge in [0.2, 0.25) is 0 Å². The fourth-order valence-electron chi connectivity index (χ4n) is 1.95. The molecule has 5 nitrogen and oxygen atoms in total. The van der Waals surface area contributed by atoms with Gasteiger partial charge in [0.25, 0.3) is 0 Å². The highest BCUT2D eigenvalue weighted by molar-refractivity contribution is 7.99. The quantitative estimate of drug-likeness (QED) is 0.786. The molecular weight excluding hydrogens is 240 g/mol. The summed E-state index contributed by atoms with van der Waals surface area (Å²) in [6.07, 6.45) is 5.97. The molecule has 1 aliphatic rings. The van der Waals surface area contributed by atoms with E-state index in [1.54, 1.807) is 6.20 Å². The zero-order chi connectivity index (χ0) is 12.3. The minimum atomic E-state index is -0.814. The summed E-state index contributed by atoms with van der Waals surface area (Å²) >= 11 is 1.27. The minimum Gasteiger partial charge on any atom is -0.481 e. The van der Waals surface area contributed by atoms with Crippen molar-refractivity contribution in [3.05, 3.63) is 12.4 Å². The van der Waals surface area contributed by atoms with Gasteiger partial charge in [-0.25, -0.2) is 4.98 Å². The van der Waals surface area contributed by atoms with Crippen molar-refractivity contribution in [3.8, 4) is 0 Å². The fourth-order valence-corrected chi connectivity index (χ4v) is 2.70. The van der Waals surface area contributed by atoms with E-state index in [1.165, 1.54) is 11.8 Å². The SMILES string of the molecule is CCOC1CC(n2ccnc2SCC(=O)O)C1. The van der Waals surface area contributed by atoms with E-state index < -0.39 is 5.97 Å². The standard InChI is InChI=1S/C11H16N2O3S/c1-2-16-9-5-8(6-9)13-4-3-12-11(13)17-7-10(14)15/h3-4,8-9H,2,5-7H2,1H3,(H,14,15). The van der Waals surface area contributed by atoms with E-state index in [9.17, 15) is 4.79 Å². The molecule has 0 spiro atoms. The summed E-state index contributed by atoms with van der Waals surface area (Å²) in [5.41, 5.74) is 0. The molecule has 0 aromatic carbocycles. The molecule has 1 heterocycles. The summed E-state index contributed by atoms with van der Waals surface area (Å²) in [5.74, 6) is -0.760. The number of imidazole rings is 1. The number of thioether (sulfide) groups is 1. The zero-order valence-corrected chi connectivity index (χ0v) is 10.5. The maximum absolute atomic E-state index is 10.5. The Balaban J connectivity index is 1.89. The van der Waals surface area contributed by atoms with E-state index in [2.05, 4.69) is 9.55 Å². The van der Waals surface area contributed by atoms with Gasteiger partial charge < -0.3 is 14.4 Å². The van der Waals surface area contributed by atoms with Gasteiger partial charge in [0.1, 0.15) is 0 Å². The van der Waals surface area contributed by atoms with Crippen LogP contribution in [0.3, 0.4) is 0 Å². The second kappa shape index (κ2) is 5.55. The number of hydrogen-bond donors (Lipinski definition) is 1. The maximum Gasteiger partial charge on any atom is 0.313 e. The van der Waals surface area contributed by atoms with Crippen LogP contribution in [0.15, 0.2) is 17.6 Å². The molecule has 0 atom stereocenters. The summed E-state index contributed by atoms with van der Waals surface area (Å²) in [7, 11) is 0. The Morgan fingerprint density at radius 3 is 3.12 bits per heavy atom. The molecule has 1 fully saturated rings. The lowest BCUT2D eigenvalue weighted by atomic mass is 9.89. The number of carboxylic acid groups (broad SMARTS) is 1. The minimum absolute atomic E-state index is 0.0542. The first-order valence-electron chi connectivity index (χ1n) is 5.69. The van der Waals surface area contributed by atoms with E-state index in [1.807, 2.05) is 13.1 Å². The van der Waals surface area contributed by atoms with Crippen LogP contribution in [0, 0.1) is 0 Å². The fraction of sp³-hybridized carbons (Fsp3) is 0.636. The van der Waals surface area contributed by atoms with Crippen LogP contribution in [0.25, 0.3) is 0 Å². The van der Waals surface area contributed by atoms with Crippen LogP contribution in [-0.4, -0.2) is 39.1 Å². The number of aromatic nitrogens is 2. The maximum atomic E-state index is 10.5. The Kier molecular flexibility index (Phi) is 4.06. The predicted molar refractivity (Wildman–Crippen MR) is 64.3 cm³/mol. The van der Waals surface area contributed by atoms with Crippen molar-refractivity contribution in [2.45, 2.75) is 37.1 Å². The second-order valence-corrected chi connectivity index (χ2v) is 4.94. The second-order valence-electron chi connectivity index (χ2n) is 4.00. The molecule has 0 saturated heterocycles. The van der Waals surface area contributed by atoms with Gasteiger partial charge in [-0.15, -0.1) is 0 Å². The van der Waals surface area contributed by atoms with Gasteiger partial charge in [-0.3, -0.25) is 4.79 Å². The predicted octanol–water partition coefficient (Wildman–Crippen LogP) is 1.80. The lowest BCUT2D eigenvalue weighted by Gasteiger charge is -2.36. The Morgan fingerprint density at radius 2 is 2.47 bits per heavy atom. The molecule has 1 N–H and O–H groups in total. The number of hydrogen-bond acceptors (Lipinski definition) is 4. The van der Waals surface area contributed by atoms with Crippen molar-refractivity contribution >= 4 is 17.7 Å². The molecule has 1 saturated carbocycles. The van der Waals surface area contributed by atoms with Gasteiger partial charge in [0.15, 0.2) is 5.16 Å². The van der Waals surface area contributed by atoms with Crippen molar-refractivity contribution in [1.82, 2.24) is 9.55 Å². The number of nitrogens with zero attached hydrogens (tertiary/aromatic N) is 2. The number of carboxylic acids is 1. The molecule has 2 rings (SSSR count). The third-order valence-corrected chi connectivity index (χ3v) is 3.79. The normalized spacial score (nSPS) is 23.4. The van der Waals surface area contributed by atoms with Crippen LogP contribution in [0.2, 0.25) is 0 Å².